The SMILES string of the molecule is CC(CN)CC(=O)N1CCOC(C(=O)O)C1. The zero-order valence-corrected chi connectivity index (χ0v) is 9.39. The average Bonchev–Trinajstić information content (AvgIpc) is 2.28. The minimum atomic E-state index is -1.02. The van der Waals surface area contributed by atoms with Crippen molar-refractivity contribution in [3.05, 3.63) is 0 Å². The summed E-state index contributed by atoms with van der Waals surface area (Å²) < 4.78 is 5.03. The van der Waals surface area contributed by atoms with Gasteiger partial charge in [0, 0.05) is 13.0 Å². The molecule has 1 amide bonds. The molecule has 6 heteroatoms. The van der Waals surface area contributed by atoms with E-state index < -0.39 is 12.1 Å². The Morgan fingerprint density at radius 2 is 2.31 bits per heavy atom. The van der Waals surface area contributed by atoms with E-state index in [2.05, 4.69) is 0 Å². The van der Waals surface area contributed by atoms with Crippen LogP contribution in [0.1, 0.15) is 13.3 Å². The first-order chi connectivity index (χ1) is 7.54. The molecule has 92 valence electrons. The summed E-state index contributed by atoms with van der Waals surface area (Å²) in [5.41, 5.74) is 5.44. The Labute approximate surface area is 94.3 Å². The Hall–Kier alpha value is -1.14. The molecule has 0 saturated carbocycles. The number of hydrogen-bond donors (Lipinski definition) is 2. The molecule has 0 aromatic rings. The van der Waals surface area contributed by atoms with Crippen molar-refractivity contribution < 1.29 is 19.4 Å². The Balaban J connectivity index is 2.47. The van der Waals surface area contributed by atoms with E-state index in [1.54, 1.807) is 0 Å². The van der Waals surface area contributed by atoms with Crippen LogP contribution in [0, 0.1) is 5.92 Å². The zero-order valence-electron chi connectivity index (χ0n) is 9.39. The standard InChI is InChI=1S/C10H18N2O4/c1-7(5-11)4-9(13)12-2-3-16-8(6-12)10(14)15/h7-8H,2-6,11H2,1H3,(H,14,15). The second kappa shape index (κ2) is 5.81. The fourth-order valence-corrected chi connectivity index (χ4v) is 1.54. The van der Waals surface area contributed by atoms with Crippen molar-refractivity contribution in [3.8, 4) is 0 Å². The maximum atomic E-state index is 11.8. The largest absolute Gasteiger partial charge is 0.479 e. The molecule has 2 unspecified atom stereocenters. The second-order valence-electron chi connectivity index (χ2n) is 4.08. The molecule has 3 N–H and O–H groups in total. The molecule has 0 aromatic carbocycles. The van der Waals surface area contributed by atoms with E-state index in [4.69, 9.17) is 15.6 Å². The molecule has 16 heavy (non-hydrogen) atoms. The highest BCUT2D eigenvalue weighted by Crippen LogP contribution is 2.10. The fourth-order valence-electron chi connectivity index (χ4n) is 1.54. The highest BCUT2D eigenvalue weighted by molar-refractivity contribution is 5.78. The van der Waals surface area contributed by atoms with Crippen LogP contribution in [0.3, 0.4) is 0 Å². The number of carbonyl (C=O) groups is 2. The molecule has 6 nitrogen and oxygen atoms in total. The van der Waals surface area contributed by atoms with Crippen LogP contribution in [0.4, 0.5) is 0 Å². The molecule has 0 aromatic heterocycles. The van der Waals surface area contributed by atoms with Crippen LogP contribution in [-0.4, -0.2) is 54.2 Å². The lowest BCUT2D eigenvalue weighted by Crippen LogP contribution is -2.49. The third-order valence-electron chi connectivity index (χ3n) is 2.62. The van der Waals surface area contributed by atoms with Crippen LogP contribution in [0.5, 0.6) is 0 Å². The van der Waals surface area contributed by atoms with Gasteiger partial charge in [-0.2, -0.15) is 0 Å². The van der Waals surface area contributed by atoms with Crippen molar-refractivity contribution in [3.63, 3.8) is 0 Å². The number of aliphatic carboxylic acids is 1. The third kappa shape index (κ3) is 3.46. The van der Waals surface area contributed by atoms with Gasteiger partial charge in [0.25, 0.3) is 0 Å². The van der Waals surface area contributed by atoms with Gasteiger partial charge in [-0.05, 0) is 12.5 Å². The van der Waals surface area contributed by atoms with E-state index in [1.807, 2.05) is 6.92 Å². The lowest BCUT2D eigenvalue weighted by Gasteiger charge is -2.31. The van der Waals surface area contributed by atoms with Crippen molar-refractivity contribution >= 4 is 11.9 Å². The lowest BCUT2D eigenvalue weighted by atomic mass is 10.1. The number of nitrogens with zero attached hydrogens (tertiary/aromatic N) is 1. The first-order valence-corrected chi connectivity index (χ1v) is 5.36. The molecule has 1 rings (SSSR count). The summed E-state index contributed by atoms with van der Waals surface area (Å²) in [6.07, 6.45) is -0.533. The van der Waals surface area contributed by atoms with E-state index >= 15 is 0 Å². The molecule has 1 aliphatic heterocycles. The number of hydrogen-bond acceptors (Lipinski definition) is 4. The first kappa shape index (κ1) is 12.9. The van der Waals surface area contributed by atoms with E-state index in [0.717, 1.165) is 0 Å². The van der Waals surface area contributed by atoms with Crippen molar-refractivity contribution in [1.82, 2.24) is 4.90 Å². The molecule has 0 radical (unpaired) electrons. The first-order valence-electron chi connectivity index (χ1n) is 5.36. The summed E-state index contributed by atoms with van der Waals surface area (Å²) in [4.78, 5) is 24.0. The molecule has 1 heterocycles. The third-order valence-corrected chi connectivity index (χ3v) is 2.62. The number of carbonyl (C=O) groups excluding carboxylic acids is 1. The van der Waals surface area contributed by atoms with Crippen LogP contribution in [0.15, 0.2) is 0 Å². The summed E-state index contributed by atoms with van der Waals surface area (Å²) >= 11 is 0. The monoisotopic (exact) mass is 230 g/mol. The molecule has 0 aliphatic carbocycles. The summed E-state index contributed by atoms with van der Waals surface area (Å²) in [7, 11) is 0. The number of nitrogens with two attached hydrogens (primary N) is 1. The Bertz CT molecular complexity index is 270. The number of amides is 1. The van der Waals surface area contributed by atoms with E-state index in [-0.39, 0.29) is 25.0 Å². The van der Waals surface area contributed by atoms with Gasteiger partial charge in [0.05, 0.1) is 13.2 Å². The number of morpholine rings is 1. The average molecular weight is 230 g/mol. The van der Waals surface area contributed by atoms with Gasteiger partial charge in [0.15, 0.2) is 6.10 Å². The van der Waals surface area contributed by atoms with Gasteiger partial charge in [-0.15, -0.1) is 0 Å². The van der Waals surface area contributed by atoms with Crippen LogP contribution in [0.25, 0.3) is 0 Å². The smallest absolute Gasteiger partial charge is 0.334 e. The van der Waals surface area contributed by atoms with Gasteiger partial charge in [-0.1, -0.05) is 6.92 Å². The van der Waals surface area contributed by atoms with Crippen molar-refractivity contribution in [1.29, 1.82) is 0 Å². The minimum absolute atomic E-state index is 0.0486. The van der Waals surface area contributed by atoms with Crippen LogP contribution < -0.4 is 5.73 Å². The van der Waals surface area contributed by atoms with Gasteiger partial charge in [-0.25, -0.2) is 4.79 Å². The fraction of sp³-hybridized carbons (Fsp3) is 0.800. The Kier molecular flexibility index (Phi) is 4.70. The Morgan fingerprint density at radius 1 is 1.62 bits per heavy atom. The maximum Gasteiger partial charge on any atom is 0.334 e. The van der Waals surface area contributed by atoms with E-state index in [9.17, 15) is 9.59 Å². The maximum absolute atomic E-state index is 11.8. The van der Waals surface area contributed by atoms with Gasteiger partial charge in [-0.3, -0.25) is 4.79 Å². The van der Waals surface area contributed by atoms with Gasteiger partial charge >= 0.3 is 5.97 Å². The zero-order chi connectivity index (χ0) is 12.1. The topological polar surface area (TPSA) is 92.9 Å². The number of carboxylic acids is 1. The summed E-state index contributed by atoms with van der Waals surface area (Å²) in [6.45, 7) is 3.22. The number of ether oxygens (including phenoxy) is 1. The lowest BCUT2D eigenvalue weighted by molar-refractivity contribution is -0.159. The van der Waals surface area contributed by atoms with Gasteiger partial charge in [0.2, 0.25) is 5.91 Å². The second-order valence-corrected chi connectivity index (χ2v) is 4.08. The number of carboxylic acid groups (broad SMARTS) is 1. The highest BCUT2D eigenvalue weighted by atomic mass is 16.5. The summed E-state index contributed by atoms with van der Waals surface area (Å²) in [6, 6.07) is 0. The van der Waals surface area contributed by atoms with E-state index in [0.29, 0.717) is 19.5 Å². The van der Waals surface area contributed by atoms with Crippen molar-refractivity contribution in [2.75, 3.05) is 26.2 Å². The number of rotatable bonds is 4. The summed E-state index contributed by atoms with van der Waals surface area (Å²) in [5, 5.41) is 8.78. The predicted octanol–water partition coefficient (Wildman–Crippen LogP) is -0.717. The van der Waals surface area contributed by atoms with Crippen LogP contribution in [0.2, 0.25) is 0 Å². The molecular formula is C10H18N2O4. The predicted molar refractivity (Wildman–Crippen MR) is 56.8 cm³/mol. The molecular weight excluding hydrogens is 212 g/mol. The molecule has 1 saturated heterocycles. The van der Waals surface area contributed by atoms with Crippen LogP contribution in [-0.2, 0) is 14.3 Å². The molecule has 0 spiro atoms. The van der Waals surface area contributed by atoms with Crippen molar-refractivity contribution in [2.24, 2.45) is 11.7 Å². The highest BCUT2D eigenvalue weighted by Gasteiger charge is 2.29. The van der Waals surface area contributed by atoms with Crippen LogP contribution >= 0.6 is 0 Å². The summed E-state index contributed by atoms with van der Waals surface area (Å²) in [5.74, 6) is -0.949. The van der Waals surface area contributed by atoms with Crippen molar-refractivity contribution in [2.45, 2.75) is 19.4 Å². The molecule has 1 fully saturated rings. The van der Waals surface area contributed by atoms with E-state index in [1.165, 1.54) is 4.90 Å². The Morgan fingerprint density at radius 3 is 2.88 bits per heavy atom. The van der Waals surface area contributed by atoms with Gasteiger partial charge in [0.1, 0.15) is 0 Å². The molecule has 0 bridgehead atoms. The van der Waals surface area contributed by atoms with Gasteiger partial charge < -0.3 is 20.5 Å². The molecule has 1 aliphatic rings. The quantitative estimate of drug-likeness (QED) is 0.665. The molecule has 2 atom stereocenters. The minimum Gasteiger partial charge on any atom is -0.479 e. The normalized spacial score (nSPS) is 22.9.